The van der Waals surface area contributed by atoms with Gasteiger partial charge in [-0.05, 0) is 42.0 Å². The van der Waals surface area contributed by atoms with E-state index in [9.17, 15) is 19.5 Å². The summed E-state index contributed by atoms with van der Waals surface area (Å²) in [5, 5.41) is 9.97. The fraction of sp³-hybridized carbons (Fsp3) is 0.208. The highest BCUT2D eigenvalue weighted by molar-refractivity contribution is 6.00. The molecular weight excluding hydrogens is 430 g/mol. The third kappa shape index (κ3) is 4.67. The van der Waals surface area contributed by atoms with Crippen molar-refractivity contribution in [3.63, 3.8) is 0 Å². The summed E-state index contributed by atoms with van der Waals surface area (Å²) in [7, 11) is 5.16. The number of aromatic hydroxyl groups is 1. The number of ether oxygens (including phenoxy) is 4. The lowest BCUT2D eigenvalue weighted by Gasteiger charge is -2.30. The Balaban J connectivity index is 2.15. The molecular formula is C24H23NO8. The summed E-state index contributed by atoms with van der Waals surface area (Å²) < 4.78 is 19.8. The zero-order chi connectivity index (χ0) is 24.1. The van der Waals surface area contributed by atoms with Crippen LogP contribution in [0.1, 0.15) is 21.8 Å². The lowest BCUT2D eigenvalue weighted by atomic mass is 9.83. The fourth-order valence-electron chi connectivity index (χ4n) is 3.50. The molecule has 0 bridgehead atoms. The summed E-state index contributed by atoms with van der Waals surface area (Å²) in [5.74, 6) is -2.54. The molecule has 1 heterocycles. The molecule has 0 spiro atoms. The van der Waals surface area contributed by atoms with Gasteiger partial charge in [0.2, 0.25) is 0 Å². The molecule has 2 aromatic carbocycles. The van der Waals surface area contributed by atoms with Crippen molar-refractivity contribution in [1.29, 1.82) is 0 Å². The number of phenolic OH excluding ortho intramolecular Hbond substituents is 1. The van der Waals surface area contributed by atoms with Crippen molar-refractivity contribution >= 4 is 23.6 Å². The Morgan fingerprint density at radius 1 is 0.788 bits per heavy atom. The molecule has 1 aliphatic heterocycles. The first-order valence-electron chi connectivity index (χ1n) is 9.78. The van der Waals surface area contributed by atoms with Gasteiger partial charge in [-0.15, -0.1) is 0 Å². The van der Waals surface area contributed by atoms with E-state index in [1.54, 1.807) is 35.2 Å². The van der Waals surface area contributed by atoms with E-state index in [0.717, 1.165) is 0 Å². The normalized spacial score (nSPS) is 13.5. The van der Waals surface area contributed by atoms with Crippen molar-refractivity contribution in [2.45, 2.75) is 5.92 Å². The van der Waals surface area contributed by atoms with Crippen molar-refractivity contribution < 1.29 is 38.4 Å². The quantitative estimate of drug-likeness (QED) is 0.521. The molecule has 0 amide bonds. The first-order valence-corrected chi connectivity index (χ1v) is 9.78. The Morgan fingerprint density at radius 2 is 1.33 bits per heavy atom. The number of esters is 3. The molecule has 0 aromatic heterocycles. The first kappa shape index (κ1) is 23.4. The summed E-state index contributed by atoms with van der Waals surface area (Å²) in [5.41, 5.74) is 1.75. The molecule has 1 aliphatic rings. The van der Waals surface area contributed by atoms with Crippen molar-refractivity contribution in [2.24, 2.45) is 0 Å². The molecule has 2 aromatic rings. The molecule has 0 aliphatic carbocycles. The van der Waals surface area contributed by atoms with E-state index in [0.29, 0.717) is 16.8 Å². The number of phenols is 1. The minimum atomic E-state index is -0.843. The molecule has 0 fully saturated rings. The van der Waals surface area contributed by atoms with E-state index >= 15 is 0 Å². The van der Waals surface area contributed by atoms with Gasteiger partial charge in [-0.25, -0.2) is 14.4 Å². The molecule has 9 nitrogen and oxygen atoms in total. The van der Waals surface area contributed by atoms with Gasteiger partial charge in [0, 0.05) is 18.1 Å². The van der Waals surface area contributed by atoms with Gasteiger partial charge in [0.05, 0.1) is 51.1 Å². The Hall–Kier alpha value is -4.27. The molecule has 0 saturated heterocycles. The van der Waals surface area contributed by atoms with Crippen LogP contribution in [0.3, 0.4) is 0 Å². The SMILES string of the molecule is COC(=O)C1=CN(c2ccc(C(=O)OC)cc2)C=C(C(=O)OC)C1c1ccc(O)c(OC)c1. The number of anilines is 1. The standard InChI is InChI=1S/C24H23NO8/c1-30-20-11-15(7-10-19(20)26)21-17(23(28)32-3)12-25(13-18(21)24(29)33-4)16-8-5-14(6-9-16)22(27)31-2/h5-13,21,26H,1-4H3. The number of hydrogen-bond acceptors (Lipinski definition) is 9. The van der Waals surface area contributed by atoms with Gasteiger partial charge in [0.1, 0.15) is 0 Å². The van der Waals surface area contributed by atoms with Crippen LogP contribution in [0.4, 0.5) is 5.69 Å². The van der Waals surface area contributed by atoms with Gasteiger partial charge in [0.25, 0.3) is 0 Å². The molecule has 33 heavy (non-hydrogen) atoms. The summed E-state index contributed by atoms with van der Waals surface area (Å²) in [6.45, 7) is 0. The number of carbonyl (C=O) groups is 3. The van der Waals surface area contributed by atoms with Crippen molar-refractivity contribution in [1.82, 2.24) is 0 Å². The maximum atomic E-state index is 12.7. The van der Waals surface area contributed by atoms with Crippen LogP contribution in [0.2, 0.25) is 0 Å². The third-order valence-electron chi connectivity index (χ3n) is 5.14. The fourth-order valence-corrected chi connectivity index (χ4v) is 3.50. The highest BCUT2D eigenvalue weighted by Crippen LogP contribution is 2.41. The molecule has 9 heteroatoms. The smallest absolute Gasteiger partial charge is 0.337 e. The van der Waals surface area contributed by atoms with Gasteiger partial charge >= 0.3 is 17.9 Å². The van der Waals surface area contributed by atoms with E-state index in [2.05, 4.69) is 0 Å². The molecule has 1 N–H and O–H groups in total. The monoisotopic (exact) mass is 453 g/mol. The van der Waals surface area contributed by atoms with Crippen molar-refractivity contribution in [2.75, 3.05) is 33.3 Å². The van der Waals surface area contributed by atoms with Crippen LogP contribution in [0.25, 0.3) is 0 Å². The van der Waals surface area contributed by atoms with Gasteiger partial charge in [0.15, 0.2) is 11.5 Å². The van der Waals surface area contributed by atoms with Crippen LogP contribution in [0.15, 0.2) is 66.0 Å². The van der Waals surface area contributed by atoms with E-state index in [4.69, 9.17) is 18.9 Å². The van der Waals surface area contributed by atoms with E-state index in [-0.39, 0.29) is 22.6 Å². The van der Waals surface area contributed by atoms with Gasteiger partial charge < -0.3 is 29.0 Å². The molecule has 0 radical (unpaired) electrons. The van der Waals surface area contributed by atoms with Crippen LogP contribution in [0, 0.1) is 0 Å². The maximum Gasteiger partial charge on any atom is 0.337 e. The molecule has 172 valence electrons. The van der Waals surface area contributed by atoms with Crippen molar-refractivity contribution in [3.8, 4) is 11.5 Å². The number of nitrogens with zero attached hydrogens (tertiary/aromatic N) is 1. The zero-order valence-electron chi connectivity index (χ0n) is 18.5. The number of methoxy groups -OCH3 is 4. The van der Waals surface area contributed by atoms with Crippen LogP contribution >= 0.6 is 0 Å². The van der Waals surface area contributed by atoms with Crippen LogP contribution in [0.5, 0.6) is 11.5 Å². The predicted octanol–water partition coefficient (Wildman–Crippen LogP) is 2.91. The van der Waals surface area contributed by atoms with Gasteiger partial charge in [-0.1, -0.05) is 6.07 Å². The Kier molecular flexibility index (Phi) is 7.02. The van der Waals surface area contributed by atoms with E-state index < -0.39 is 23.8 Å². The number of carbonyl (C=O) groups excluding carboxylic acids is 3. The van der Waals surface area contributed by atoms with Crippen LogP contribution in [-0.2, 0) is 23.8 Å². The highest BCUT2D eigenvalue weighted by atomic mass is 16.5. The largest absolute Gasteiger partial charge is 0.504 e. The number of hydrogen-bond donors (Lipinski definition) is 1. The highest BCUT2D eigenvalue weighted by Gasteiger charge is 2.36. The van der Waals surface area contributed by atoms with Crippen LogP contribution < -0.4 is 9.64 Å². The lowest BCUT2D eigenvalue weighted by Crippen LogP contribution is -2.28. The second kappa shape index (κ2) is 9.90. The molecule has 0 saturated carbocycles. The second-order valence-corrected chi connectivity index (χ2v) is 6.96. The number of rotatable bonds is 6. The summed E-state index contributed by atoms with van der Waals surface area (Å²) in [6, 6.07) is 11.0. The Morgan fingerprint density at radius 3 is 1.82 bits per heavy atom. The minimum Gasteiger partial charge on any atom is -0.504 e. The lowest BCUT2D eigenvalue weighted by molar-refractivity contribution is -0.137. The Bertz CT molecular complexity index is 1100. The van der Waals surface area contributed by atoms with Gasteiger partial charge in [-0.2, -0.15) is 0 Å². The molecule has 3 rings (SSSR count). The second-order valence-electron chi connectivity index (χ2n) is 6.96. The van der Waals surface area contributed by atoms with Crippen molar-refractivity contribution in [3.05, 3.63) is 77.1 Å². The van der Waals surface area contributed by atoms with Crippen LogP contribution in [-0.4, -0.2) is 51.5 Å². The van der Waals surface area contributed by atoms with Gasteiger partial charge in [-0.3, -0.25) is 0 Å². The minimum absolute atomic E-state index is 0.0865. The Labute approximate surface area is 190 Å². The van der Waals surface area contributed by atoms with E-state index in [1.165, 1.54) is 53.0 Å². The van der Waals surface area contributed by atoms with E-state index in [1.807, 2.05) is 0 Å². The molecule has 0 unspecified atom stereocenters. The average molecular weight is 453 g/mol. The topological polar surface area (TPSA) is 112 Å². The maximum absolute atomic E-state index is 12.7. The number of benzene rings is 2. The summed E-state index contributed by atoms with van der Waals surface area (Å²) in [4.78, 5) is 38.8. The average Bonchev–Trinajstić information content (AvgIpc) is 2.86. The summed E-state index contributed by atoms with van der Waals surface area (Å²) in [6.07, 6.45) is 3.07. The zero-order valence-corrected chi connectivity index (χ0v) is 18.5. The third-order valence-corrected chi connectivity index (χ3v) is 5.14. The predicted molar refractivity (Wildman–Crippen MR) is 118 cm³/mol. The summed E-state index contributed by atoms with van der Waals surface area (Å²) >= 11 is 0. The first-order chi connectivity index (χ1) is 15.8. The molecule has 0 atom stereocenters.